The number of hydrogen-bond donors (Lipinski definition) is 0. The van der Waals surface area contributed by atoms with Gasteiger partial charge in [-0.05, 0) is 62.3 Å². The summed E-state index contributed by atoms with van der Waals surface area (Å²) in [5, 5.41) is 0.300. The van der Waals surface area contributed by atoms with Crippen molar-refractivity contribution in [2.24, 2.45) is 0 Å². The van der Waals surface area contributed by atoms with Crippen LogP contribution in [0, 0.1) is 0 Å². The van der Waals surface area contributed by atoms with Crippen LogP contribution < -0.4 is 0 Å². The lowest BCUT2D eigenvalue weighted by molar-refractivity contribution is 0.0730. The number of rotatable bonds is 6. The lowest BCUT2D eigenvalue weighted by atomic mass is 10.0. The Morgan fingerprint density at radius 2 is 1.73 bits per heavy atom. The van der Waals surface area contributed by atoms with Gasteiger partial charge in [0, 0.05) is 25.7 Å². The van der Waals surface area contributed by atoms with Crippen LogP contribution in [0.1, 0.15) is 48.0 Å². The molecule has 1 amide bonds. The third kappa shape index (κ3) is 4.41. The minimum atomic E-state index is -3.59. The van der Waals surface area contributed by atoms with Crippen molar-refractivity contribution in [1.29, 1.82) is 0 Å². The van der Waals surface area contributed by atoms with E-state index >= 15 is 0 Å². The smallest absolute Gasteiger partial charge is 0.255 e. The van der Waals surface area contributed by atoms with Gasteiger partial charge in [0.05, 0.1) is 15.5 Å². The molecule has 0 spiro atoms. The summed E-state index contributed by atoms with van der Waals surface area (Å²) < 4.78 is 27.3. The number of halogens is 1. The van der Waals surface area contributed by atoms with Gasteiger partial charge >= 0.3 is 0 Å². The fourth-order valence-electron chi connectivity index (χ4n) is 4.44. The van der Waals surface area contributed by atoms with Gasteiger partial charge in [-0.2, -0.15) is 4.31 Å². The maximum Gasteiger partial charge on any atom is 0.255 e. The van der Waals surface area contributed by atoms with Crippen molar-refractivity contribution in [2.45, 2.75) is 49.5 Å². The van der Waals surface area contributed by atoms with Crippen molar-refractivity contribution in [3.05, 3.63) is 64.7 Å². The summed E-state index contributed by atoms with van der Waals surface area (Å²) in [6.45, 7) is 1.74. The summed E-state index contributed by atoms with van der Waals surface area (Å²) >= 11 is 6.34. The van der Waals surface area contributed by atoms with E-state index in [0.29, 0.717) is 24.7 Å². The number of hydrogen-bond acceptors (Lipinski definition) is 3. The Bertz CT molecular complexity index is 1000. The number of benzene rings is 2. The molecule has 0 aliphatic carbocycles. The van der Waals surface area contributed by atoms with Gasteiger partial charge in [0.25, 0.3) is 5.91 Å². The number of sulfonamides is 1. The van der Waals surface area contributed by atoms with Crippen LogP contribution in [-0.4, -0.2) is 49.2 Å². The topological polar surface area (TPSA) is 57.7 Å². The van der Waals surface area contributed by atoms with Gasteiger partial charge in [-0.25, -0.2) is 8.42 Å². The molecular weight excluding hydrogens is 420 g/mol. The summed E-state index contributed by atoms with van der Waals surface area (Å²) in [5.41, 5.74) is 1.54. The van der Waals surface area contributed by atoms with E-state index in [9.17, 15) is 13.2 Å². The molecule has 5 nitrogen and oxygen atoms in total. The Balaban J connectivity index is 1.53. The van der Waals surface area contributed by atoms with Gasteiger partial charge in [-0.1, -0.05) is 41.9 Å². The van der Waals surface area contributed by atoms with Crippen molar-refractivity contribution in [2.75, 3.05) is 19.6 Å². The predicted molar refractivity (Wildman–Crippen MR) is 118 cm³/mol. The Morgan fingerprint density at radius 1 is 1.00 bits per heavy atom. The third-order valence-electron chi connectivity index (χ3n) is 6.12. The van der Waals surface area contributed by atoms with Crippen LogP contribution in [0.3, 0.4) is 0 Å². The van der Waals surface area contributed by atoms with Crippen molar-refractivity contribution < 1.29 is 13.2 Å². The summed E-state index contributed by atoms with van der Waals surface area (Å²) in [6, 6.07) is 14.9. The average molecular weight is 447 g/mol. The molecule has 1 unspecified atom stereocenters. The predicted octanol–water partition coefficient (Wildman–Crippen LogP) is 4.36. The van der Waals surface area contributed by atoms with Crippen molar-refractivity contribution in [3.63, 3.8) is 0 Å². The summed E-state index contributed by atoms with van der Waals surface area (Å²) in [4.78, 5) is 15.3. The molecule has 2 aliphatic rings. The second-order valence-electron chi connectivity index (χ2n) is 8.07. The summed E-state index contributed by atoms with van der Waals surface area (Å²) in [6.07, 6.45) is 5.45. The summed E-state index contributed by atoms with van der Waals surface area (Å²) in [5.74, 6) is -0.172. The molecular formula is C23H27ClN2O3S. The SMILES string of the molecule is O=C(c1cc(S(=O)(=O)N2CCCC2)ccc1Cl)N1CCCC1CCc1ccccc1. The lowest BCUT2D eigenvalue weighted by Gasteiger charge is -2.26. The van der Waals surface area contributed by atoms with E-state index in [-0.39, 0.29) is 22.4 Å². The van der Waals surface area contributed by atoms with Gasteiger partial charge in [0.1, 0.15) is 0 Å². The molecule has 2 saturated heterocycles. The molecule has 0 saturated carbocycles. The van der Waals surface area contributed by atoms with Gasteiger partial charge in [-0.15, -0.1) is 0 Å². The molecule has 0 bridgehead atoms. The van der Waals surface area contributed by atoms with Crippen LogP contribution in [0.15, 0.2) is 53.4 Å². The molecule has 160 valence electrons. The van der Waals surface area contributed by atoms with Crippen molar-refractivity contribution >= 4 is 27.5 Å². The first-order chi connectivity index (χ1) is 14.5. The minimum Gasteiger partial charge on any atom is -0.336 e. The summed E-state index contributed by atoms with van der Waals surface area (Å²) in [7, 11) is -3.59. The van der Waals surface area contributed by atoms with Crippen LogP contribution in [0.4, 0.5) is 0 Å². The second-order valence-corrected chi connectivity index (χ2v) is 10.4. The molecule has 2 fully saturated rings. The highest BCUT2D eigenvalue weighted by molar-refractivity contribution is 7.89. The van der Waals surface area contributed by atoms with Crippen molar-refractivity contribution in [1.82, 2.24) is 9.21 Å². The lowest BCUT2D eigenvalue weighted by Crippen LogP contribution is -2.36. The molecule has 2 aliphatic heterocycles. The van der Waals surface area contributed by atoms with E-state index in [0.717, 1.165) is 38.5 Å². The quantitative estimate of drug-likeness (QED) is 0.662. The first-order valence-electron chi connectivity index (χ1n) is 10.6. The van der Waals surface area contributed by atoms with E-state index in [4.69, 9.17) is 11.6 Å². The number of nitrogens with zero attached hydrogens (tertiary/aromatic N) is 2. The van der Waals surface area contributed by atoms with Gasteiger partial charge in [0.15, 0.2) is 0 Å². The van der Waals surface area contributed by atoms with Crippen LogP contribution in [0.5, 0.6) is 0 Å². The highest BCUT2D eigenvalue weighted by Crippen LogP contribution is 2.29. The van der Waals surface area contributed by atoms with E-state index in [2.05, 4.69) is 12.1 Å². The molecule has 4 rings (SSSR count). The van der Waals surface area contributed by atoms with E-state index in [1.807, 2.05) is 23.1 Å². The Kier molecular flexibility index (Phi) is 6.46. The monoisotopic (exact) mass is 446 g/mol. The maximum absolute atomic E-state index is 13.3. The standard InChI is InChI=1S/C23H27ClN2O3S/c24-22-13-12-20(30(28,29)25-14-4-5-15-25)17-21(22)23(27)26-16-6-9-19(26)11-10-18-7-2-1-3-8-18/h1-3,7-8,12-13,17,19H,4-6,9-11,14-16H2. The molecule has 30 heavy (non-hydrogen) atoms. The highest BCUT2D eigenvalue weighted by Gasteiger charge is 2.32. The van der Waals surface area contributed by atoms with Crippen LogP contribution >= 0.6 is 11.6 Å². The molecule has 0 N–H and O–H groups in total. The first kappa shape index (κ1) is 21.3. The Labute approximate surface area is 183 Å². The van der Waals surface area contributed by atoms with Crippen LogP contribution in [-0.2, 0) is 16.4 Å². The molecule has 2 heterocycles. The molecule has 2 aromatic rings. The van der Waals surface area contributed by atoms with E-state index < -0.39 is 10.0 Å². The Morgan fingerprint density at radius 3 is 2.47 bits per heavy atom. The number of carbonyl (C=O) groups is 1. The Hall–Kier alpha value is -1.89. The molecule has 0 radical (unpaired) electrons. The normalized spacial score (nSPS) is 20.0. The fourth-order valence-corrected chi connectivity index (χ4v) is 6.18. The minimum absolute atomic E-state index is 0.146. The molecule has 1 atom stereocenters. The molecule has 0 aromatic heterocycles. The van der Waals surface area contributed by atoms with Gasteiger partial charge in [0.2, 0.25) is 10.0 Å². The number of carbonyl (C=O) groups excluding carboxylic acids is 1. The number of likely N-dealkylation sites (tertiary alicyclic amines) is 1. The zero-order chi connectivity index (χ0) is 21.1. The maximum atomic E-state index is 13.3. The average Bonchev–Trinajstić information content (AvgIpc) is 3.45. The van der Waals surface area contributed by atoms with Crippen molar-refractivity contribution in [3.8, 4) is 0 Å². The van der Waals surface area contributed by atoms with E-state index in [1.165, 1.54) is 28.1 Å². The zero-order valence-corrected chi connectivity index (χ0v) is 18.5. The van der Waals surface area contributed by atoms with Gasteiger partial charge < -0.3 is 4.90 Å². The fraction of sp³-hybridized carbons (Fsp3) is 0.435. The van der Waals surface area contributed by atoms with Crippen LogP contribution in [0.2, 0.25) is 5.02 Å². The third-order valence-corrected chi connectivity index (χ3v) is 8.34. The number of amides is 1. The second kappa shape index (κ2) is 9.08. The largest absolute Gasteiger partial charge is 0.336 e. The molecule has 2 aromatic carbocycles. The number of aryl methyl sites for hydroxylation is 1. The van der Waals surface area contributed by atoms with E-state index in [1.54, 1.807) is 0 Å². The molecule has 7 heteroatoms. The van der Waals surface area contributed by atoms with Gasteiger partial charge in [-0.3, -0.25) is 4.79 Å². The first-order valence-corrected chi connectivity index (χ1v) is 12.4. The van der Waals surface area contributed by atoms with Crippen LogP contribution in [0.25, 0.3) is 0 Å². The highest BCUT2D eigenvalue weighted by atomic mass is 35.5. The zero-order valence-electron chi connectivity index (χ0n) is 17.0.